The molecule has 1 unspecified atom stereocenters. The van der Waals surface area contributed by atoms with E-state index in [4.69, 9.17) is 43.5 Å². The van der Waals surface area contributed by atoms with Gasteiger partial charge in [-0.25, -0.2) is 15.0 Å². The molecule has 0 aliphatic heterocycles. The standard InChI is InChI=1S/C57H75N17O9S.2C2H6/c1-11-57(84,12-2)31-47(76)69(8)22-18-46(75)61-41(30-38-32-68(7)33-60-38)54(81)70(9)19-17-23-83-45-29-37(51(59)78)27-40-49(45)72(56(63-40)65-53(80)43-25-35(6)67-74(43)14-4)21-16-15-20-71-48-39(26-36(50(58)77)28-44(48)82-10)62-55(71)64-52(79)42-24-34(5)66-73(42)13-3;2*1-2/h15-16,24-29,32-33,41,84H,11-14,17-23,30-31H2,1-10H3,(H2,58,77)(H2,59,78)(H,61,75)(H,62,64,79)(H,63,65,80);2*1-2H3/b16-15+;;. The first-order valence-electron chi connectivity index (χ1n) is 29.7. The normalized spacial score (nSPS) is 11.6. The second-order valence-electron chi connectivity index (χ2n) is 20.6. The van der Waals surface area contributed by atoms with Crippen LogP contribution >= 0.6 is 12.6 Å². The minimum atomic E-state index is -0.984. The predicted octanol–water partition coefficient (Wildman–Crippen LogP) is 6.87. The fourth-order valence-electron chi connectivity index (χ4n) is 9.60. The van der Waals surface area contributed by atoms with Gasteiger partial charge in [0.2, 0.25) is 41.4 Å². The highest BCUT2D eigenvalue weighted by Crippen LogP contribution is 2.34. The second kappa shape index (κ2) is 32.1. The topological polar surface area (TPSA) is 322 Å². The Labute approximate surface area is 519 Å². The highest BCUT2D eigenvalue weighted by Gasteiger charge is 2.29. The van der Waals surface area contributed by atoms with Gasteiger partial charge in [-0.15, -0.1) is 0 Å². The van der Waals surface area contributed by atoms with Gasteiger partial charge in [0.1, 0.15) is 40.0 Å². The molecule has 7 rings (SSSR count). The maximum absolute atomic E-state index is 14.2. The van der Waals surface area contributed by atoms with Crippen molar-refractivity contribution < 1.29 is 43.0 Å². The third-order valence-electron chi connectivity index (χ3n) is 14.4. The van der Waals surface area contributed by atoms with E-state index in [2.05, 4.69) is 31.1 Å². The first-order chi connectivity index (χ1) is 42.0. The number of carbonyl (C=O) groups is 7. The summed E-state index contributed by atoms with van der Waals surface area (Å²) < 4.78 is 20.0. The molecule has 0 spiro atoms. The summed E-state index contributed by atoms with van der Waals surface area (Å²) in [6.45, 7) is 20.6. The molecule has 0 fully saturated rings. The molecule has 1 atom stereocenters. The number of methoxy groups -OCH3 is 1. The molecule has 2 aromatic carbocycles. The molecule has 26 nitrogen and oxygen atoms in total. The number of fused-ring (bicyclic) bond motifs is 2. The average molecular weight is 1230 g/mol. The molecule has 0 bridgehead atoms. The van der Waals surface area contributed by atoms with E-state index in [9.17, 15) is 33.6 Å². The van der Waals surface area contributed by atoms with Gasteiger partial charge < -0.3 is 49.8 Å². The Bertz CT molecular complexity index is 3620. The van der Waals surface area contributed by atoms with Crippen LogP contribution in [0.4, 0.5) is 11.9 Å². The number of hydrogen-bond acceptors (Lipinski definition) is 15. The van der Waals surface area contributed by atoms with Crippen molar-refractivity contribution in [2.24, 2.45) is 18.5 Å². The third-order valence-corrected chi connectivity index (χ3v) is 15.2. The summed E-state index contributed by atoms with van der Waals surface area (Å²) in [7, 11) is 6.51. The van der Waals surface area contributed by atoms with Gasteiger partial charge >= 0.3 is 0 Å². The molecule has 7 amide bonds. The van der Waals surface area contributed by atoms with Gasteiger partial charge in [0.15, 0.2) is 0 Å². The Morgan fingerprint density at radius 2 is 1.23 bits per heavy atom. The smallest absolute Gasteiger partial charge is 0.276 e. The Hall–Kier alpha value is -9.01. The first kappa shape index (κ1) is 69.8. The number of nitrogens with two attached hydrogens (primary N) is 2. The number of imidazole rings is 3. The molecule has 27 heteroatoms. The summed E-state index contributed by atoms with van der Waals surface area (Å²) in [5.74, 6) is -2.66. The van der Waals surface area contributed by atoms with Crippen LogP contribution in [0.5, 0.6) is 11.5 Å². The highest BCUT2D eigenvalue weighted by atomic mass is 32.1. The molecule has 0 saturated heterocycles. The van der Waals surface area contributed by atoms with E-state index in [1.54, 1.807) is 94.9 Å². The molecule has 7 aromatic rings. The molecular formula is C61H87N17O9S. The fourth-order valence-corrected chi connectivity index (χ4v) is 9.74. The molecule has 7 N–H and O–H groups in total. The lowest BCUT2D eigenvalue weighted by molar-refractivity contribution is -0.136. The van der Waals surface area contributed by atoms with Gasteiger partial charge in [-0.1, -0.05) is 53.7 Å². The van der Waals surface area contributed by atoms with Gasteiger partial charge in [-0.05, 0) is 83.4 Å². The van der Waals surface area contributed by atoms with E-state index >= 15 is 0 Å². The van der Waals surface area contributed by atoms with Crippen molar-refractivity contribution in [2.75, 3.05) is 51.5 Å². The highest BCUT2D eigenvalue weighted by molar-refractivity contribution is 7.81. The van der Waals surface area contributed by atoms with Crippen LogP contribution in [0.25, 0.3) is 22.1 Å². The van der Waals surface area contributed by atoms with E-state index in [1.807, 2.05) is 55.4 Å². The van der Waals surface area contributed by atoms with Gasteiger partial charge in [0.05, 0.1) is 48.2 Å². The van der Waals surface area contributed by atoms with Gasteiger partial charge in [0.25, 0.3) is 11.8 Å². The number of aryl methyl sites for hydroxylation is 5. The van der Waals surface area contributed by atoms with Crippen LogP contribution in [0, 0.1) is 13.8 Å². The van der Waals surface area contributed by atoms with E-state index in [0.717, 1.165) is 0 Å². The van der Waals surface area contributed by atoms with Crippen molar-refractivity contribution in [3.05, 3.63) is 101 Å². The molecule has 5 heterocycles. The SMILES string of the molecule is CC.CC.CCn1nc(C)cc1C(=O)Nc1nc2cc(C(N)=O)cc(OC)c2n1C/C=C/Cn1c(NC(=O)c2cc(C)nn2CC)nc2cc(C(N)=O)cc(OCCCN(C)C(=O)C(Cc3cn(C)cn3)NC(=O)CCN(C)C(=O)CC(S)(CC)CC)c21. The van der Waals surface area contributed by atoms with Gasteiger partial charge in [-0.2, -0.15) is 22.8 Å². The number of rotatable bonds is 29. The minimum absolute atomic E-state index is 0.0218. The molecule has 0 saturated carbocycles. The molecule has 0 aliphatic rings. The molecule has 5 aromatic heterocycles. The Kier molecular flexibility index (Phi) is 25.5. The number of aromatic nitrogens is 10. The fraction of sp³-hybridized carbons (Fsp3) is 0.475. The number of nitrogens with one attached hydrogen (secondary N) is 3. The van der Waals surface area contributed by atoms with Gasteiger partial charge in [0, 0.05) is 102 Å². The number of nitrogens with zero attached hydrogens (tertiary/aromatic N) is 12. The lowest BCUT2D eigenvalue weighted by Gasteiger charge is -2.28. The molecule has 0 aliphatic carbocycles. The van der Waals surface area contributed by atoms with E-state index in [0.29, 0.717) is 65.3 Å². The predicted molar refractivity (Wildman–Crippen MR) is 342 cm³/mol. The van der Waals surface area contributed by atoms with Gasteiger partial charge in [-0.3, -0.25) is 53.6 Å². The van der Waals surface area contributed by atoms with Crippen LogP contribution in [0.3, 0.4) is 0 Å². The summed E-state index contributed by atoms with van der Waals surface area (Å²) >= 11 is 4.72. The van der Waals surface area contributed by atoms with Crippen molar-refractivity contribution in [2.45, 2.75) is 145 Å². The summed E-state index contributed by atoms with van der Waals surface area (Å²) in [6.07, 6.45) is 8.99. The van der Waals surface area contributed by atoms with Crippen LogP contribution in [0.15, 0.2) is 61.1 Å². The zero-order chi connectivity index (χ0) is 65.2. The third kappa shape index (κ3) is 17.4. The Morgan fingerprint density at radius 3 is 1.68 bits per heavy atom. The Morgan fingerprint density at radius 1 is 0.727 bits per heavy atom. The number of amides is 7. The lowest BCUT2D eigenvalue weighted by atomic mass is 9.97. The van der Waals surface area contributed by atoms with E-state index in [-0.39, 0.29) is 116 Å². The quantitative estimate of drug-likeness (QED) is 0.0158. The van der Waals surface area contributed by atoms with Crippen molar-refractivity contribution in [1.82, 2.24) is 63.3 Å². The van der Waals surface area contributed by atoms with Crippen molar-refractivity contribution in [1.29, 1.82) is 0 Å². The Balaban J connectivity index is 0.00000345. The zero-order valence-corrected chi connectivity index (χ0v) is 54.1. The second-order valence-corrected chi connectivity index (χ2v) is 21.5. The largest absolute Gasteiger partial charge is 0.494 e. The summed E-state index contributed by atoms with van der Waals surface area (Å²) in [6, 6.07) is 8.32. The van der Waals surface area contributed by atoms with E-state index < -0.39 is 40.3 Å². The number of carbonyl (C=O) groups excluding carboxylic acids is 7. The summed E-state index contributed by atoms with van der Waals surface area (Å²) in [4.78, 5) is 111. The maximum atomic E-state index is 14.2. The minimum Gasteiger partial charge on any atom is -0.494 e. The molecule has 88 heavy (non-hydrogen) atoms. The summed E-state index contributed by atoms with van der Waals surface area (Å²) in [5.41, 5.74) is 15.7. The zero-order valence-electron chi connectivity index (χ0n) is 53.2. The maximum Gasteiger partial charge on any atom is 0.276 e. The monoisotopic (exact) mass is 1230 g/mol. The average Bonchev–Trinajstić information content (AvgIpc) is 2.29. The molecular weight excluding hydrogens is 1150 g/mol. The number of primary amides is 2. The number of ether oxygens (including phenoxy) is 2. The lowest BCUT2D eigenvalue weighted by Crippen LogP contribution is -2.49. The number of thiol groups is 1. The summed E-state index contributed by atoms with van der Waals surface area (Å²) in [5, 5.41) is 17.6. The van der Waals surface area contributed by atoms with Crippen molar-refractivity contribution >= 4 is 87.9 Å². The number of hydrogen-bond donors (Lipinski definition) is 6. The first-order valence-corrected chi connectivity index (χ1v) is 30.1. The van der Waals surface area contributed by atoms with E-state index in [1.165, 1.54) is 41.2 Å². The van der Waals surface area contributed by atoms with Crippen molar-refractivity contribution in [3.63, 3.8) is 0 Å². The molecule has 476 valence electrons. The van der Waals surface area contributed by atoms with Crippen LogP contribution < -0.4 is 36.9 Å². The van der Waals surface area contributed by atoms with Crippen LogP contribution in [-0.2, 0) is 54.0 Å². The number of anilines is 2. The number of benzene rings is 2. The number of allylic oxidation sites excluding steroid dienone is 2. The van der Waals surface area contributed by atoms with Crippen molar-refractivity contribution in [3.8, 4) is 11.5 Å². The number of likely N-dealkylation sites (N-methyl/N-ethyl adjacent to an activating group) is 1. The molecule has 0 radical (unpaired) electrons. The van der Waals surface area contributed by atoms with Crippen LogP contribution in [0.1, 0.15) is 146 Å². The van der Waals surface area contributed by atoms with Crippen LogP contribution in [-0.4, -0.2) is 151 Å². The van der Waals surface area contributed by atoms with Crippen LogP contribution in [0.2, 0.25) is 0 Å².